The smallest absolute Gasteiger partial charge is 0.307 e. The van der Waals surface area contributed by atoms with Gasteiger partial charge in [0.05, 0.1) is 52.8 Å². The lowest BCUT2D eigenvalue weighted by Gasteiger charge is -2.29. The van der Waals surface area contributed by atoms with Crippen LogP contribution in [-0.4, -0.2) is 98.5 Å². The number of carbonyl (C=O) groups excluding carboxylic acids is 4. The number of rotatable bonds is 10. The fourth-order valence-electron chi connectivity index (χ4n) is 9.62. The molecule has 5 aliphatic rings. The minimum atomic E-state index is -3.96. The molecule has 3 aromatic rings. The number of hydrogen-bond donors (Lipinski definition) is 1. The number of amides is 2. The maximum Gasteiger partial charge on any atom is 0.307 e. The first-order valence-corrected chi connectivity index (χ1v) is 24.4. The highest BCUT2D eigenvalue weighted by Gasteiger charge is 2.62. The summed E-state index contributed by atoms with van der Waals surface area (Å²) in [4.78, 5) is 75.5. The van der Waals surface area contributed by atoms with Gasteiger partial charge in [-0.15, -0.1) is 0 Å². The molecule has 8 rings (SSSR count). The highest BCUT2D eigenvalue weighted by Crippen LogP contribution is 2.57. The van der Waals surface area contributed by atoms with E-state index < -0.39 is 55.7 Å². The van der Waals surface area contributed by atoms with E-state index in [1.807, 2.05) is 48.8 Å². The van der Waals surface area contributed by atoms with Crippen LogP contribution in [-0.2, 0) is 33.9 Å². The highest BCUT2D eigenvalue weighted by molar-refractivity contribution is 7.91. The van der Waals surface area contributed by atoms with Gasteiger partial charge in [-0.25, -0.2) is 13.4 Å². The van der Waals surface area contributed by atoms with E-state index in [9.17, 15) is 27.6 Å². The van der Waals surface area contributed by atoms with Crippen LogP contribution in [0.3, 0.4) is 0 Å². The third-order valence-corrected chi connectivity index (χ3v) is 15.8. The average molecular weight is 886 g/mol. The standard InChI is InChI=1S/C47H63N7O8S/c1-30(2)54-36-18-14-17-34(35-27-48-28-39(49-35)52-21-12-13-22-52)41(36)50-44(54)61-33-24-37-38(55)26-47(43(58)51-63(59,60)46(6)19-20-46)25-32(47)16-11-9-7-8-10-15-31(42(57)53(37)29-33)23-40(56)62-45(3,4)5/h11,14,16-18,27-28,30-33,37H,7-10,12-13,15,19-26,29H2,1-6H3,(H,51,58)/b16-11-/t31-,32-,33-,37+,47-/m1/s1. The van der Waals surface area contributed by atoms with Gasteiger partial charge in [0.15, 0.2) is 5.78 Å². The van der Waals surface area contributed by atoms with Crippen LogP contribution in [0.2, 0.25) is 0 Å². The van der Waals surface area contributed by atoms with Crippen LogP contribution in [0.4, 0.5) is 5.82 Å². The number of benzene rings is 1. The van der Waals surface area contributed by atoms with Crippen molar-refractivity contribution >= 4 is 50.4 Å². The molecule has 0 radical (unpaired) electrons. The molecule has 2 saturated carbocycles. The summed E-state index contributed by atoms with van der Waals surface area (Å²) in [7, 11) is -3.96. The predicted octanol–water partition coefficient (Wildman–Crippen LogP) is 6.86. The lowest BCUT2D eigenvalue weighted by molar-refractivity contribution is -0.159. The monoisotopic (exact) mass is 885 g/mol. The molecule has 4 fully saturated rings. The van der Waals surface area contributed by atoms with Gasteiger partial charge in [0.25, 0.3) is 6.01 Å². The summed E-state index contributed by atoms with van der Waals surface area (Å²) in [5, 5.41) is 0. The summed E-state index contributed by atoms with van der Waals surface area (Å²) in [6.07, 6.45) is 13.5. The molecule has 5 atom stereocenters. The molecule has 2 amide bonds. The highest BCUT2D eigenvalue weighted by atomic mass is 32.2. The molecule has 1 N–H and O–H groups in total. The number of hydrogen-bond acceptors (Lipinski definition) is 12. The van der Waals surface area contributed by atoms with Crippen LogP contribution in [0.25, 0.3) is 22.3 Å². The molecule has 0 bridgehead atoms. The van der Waals surface area contributed by atoms with E-state index >= 15 is 0 Å². The van der Waals surface area contributed by atoms with E-state index in [1.165, 1.54) is 4.90 Å². The largest absolute Gasteiger partial charge is 0.460 e. The maximum absolute atomic E-state index is 14.9. The Hall–Kier alpha value is -4.86. The van der Waals surface area contributed by atoms with Gasteiger partial charge in [-0.1, -0.05) is 37.1 Å². The van der Waals surface area contributed by atoms with E-state index in [1.54, 1.807) is 40.1 Å². The van der Waals surface area contributed by atoms with E-state index in [-0.39, 0.29) is 49.5 Å². The Morgan fingerprint density at radius 1 is 1.02 bits per heavy atom. The van der Waals surface area contributed by atoms with Crippen molar-refractivity contribution in [3.05, 3.63) is 42.7 Å². The average Bonchev–Trinajstić information content (AvgIpc) is 3.85. The second-order valence-electron chi connectivity index (χ2n) is 20.0. The number of fused-ring (bicyclic) bond motifs is 3. The fourth-order valence-corrected chi connectivity index (χ4v) is 11.0. The van der Waals surface area contributed by atoms with Gasteiger partial charge in [-0.05, 0) is 105 Å². The second-order valence-corrected chi connectivity index (χ2v) is 22.2. The molecule has 16 heteroatoms. The van der Waals surface area contributed by atoms with Crippen LogP contribution in [0.5, 0.6) is 6.01 Å². The summed E-state index contributed by atoms with van der Waals surface area (Å²) in [5.74, 6) is -2.11. The SMILES string of the molecule is CC(C)n1c(O[C@@H]2C[C@H]3C(=O)C[C@]4(C(=O)NS(=O)(=O)C5(C)CC5)C[C@H]4/C=C\CCCCC[C@H](CC(=O)OC(C)(C)C)C(=O)N3C2)nc2c(-c3cncc(N4CCCC4)n3)cccc21. The predicted molar refractivity (Wildman–Crippen MR) is 238 cm³/mol. The first-order chi connectivity index (χ1) is 29.9. The van der Waals surface area contributed by atoms with E-state index in [2.05, 4.69) is 14.6 Å². The summed E-state index contributed by atoms with van der Waals surface area (Å²) in [6, 6.07) is 5.18. The number of allylic oxidation sites excluding steroid dienone is 2. The van der Waals surface area contributed by atoms with Crippen LogP contribution in [0.15, 0.2) is 42.7 Å². The first-order valence-electron chi connectivity index (χ1n) is 22.9. The van der Waals surface area contributed by atoms with Crippen molar-refractivity contribution in [1.29, 1.82) is 0 Å². The second kappa shape index (κ2) is 17.3. The quantitative estimate of drug-likeness (QED) is 0.165. The van der Waals surface area contributed by atoms with Crippen molar-refractivity contribution in [2.75, 3.05) is 24.5 Å². The molecule has 63 heavy (non-hydrogen) atoms. The lowest BCUT2D eigenvalue weighted by Crippen LogP contribution is -2.47. The topological polar surface area (TPSA) is 183 Å². The van der Waals surface area contributed by atoms with Gasteiger partial charge in [-0.3, -0.25) is 33.5 Å². The zero-order chi connectivity index (χ0) is 44.9. The molecule has 0 unspecified atom stereocenters. The van der Waals surface area contributed by atoms with Crippen LogP contribution in [0.1, 0.15) is 131 Å². The Morgan fingerprint density at radius 3 is 2.49 bits per heavy atom. The Balaban J connectivity index is 1.12. The molecule has 0 spiro atoms. The molecule has 2 saturated heterocycles. The molecule has 340 valence electrons. The van der Waals surface area contributed by atoms with Crippen molar-refractivity contribution in [2.45, 2.75) is 154 Å². The third-order valence-electron chi connectivity index (χ3n) is 13.6. The number of ketones is 1. The van der Waals surface area contributed by atoms with Gasteiger partial charge in [0.1, 0.15) is 23.0 Å². The van der Waals surface area contributed by atoms with Gasteiger partial charge in [0, 0.05) is 43.5 Å². The number of para-hydroxylation sites is 1. The zero-order valence-electron chi connectivity index (χ0n) is 37.6. The summed E-state index contributed by atoms with van der Waals surface area (Å²) < 4.78 is 42.5. The van der Waals surface area contributed by atoms with E-state index in [4.69, 9.17) is 19.4 Å². The van der Waals surface area contributed by atoms with Gasteiger partial charge >= 0.3 is 5.97 Å². The first kappa shape index (κ1) is 44.7. The number of ether oxygens (including phenoxy) is 2. The summed E-state index contributed by atoms with van der Waals surface area (Å²) in [6.45, 7) is 13.0. The van der Waals surface area contributed by atoms with Crippen LogP contribution >= 0.6 is 0 Å². The number of sulfonamides is 1. The summed E-state index contributed by atoms with van der Waals surface area (Å²) in [5.41, 5.74) is 0.985. The molecule has 1 aromatic carbocycles. The van der Waals surface area contributed by atoms with E-state index in [0.717, 1.165) is 62.1 Å². The molecule has 2 aromatic heterocycles. The molecule has 3 aliphatic heterocycles. The molecule has 5 heterocycles. The number of imidazole rings is 1. The van der Waals surface area contributed by atoms with Crippen molar-refractivity contribution in [3.63, 3.8) is 0 Å². The number of carbonyl (C=O) groups is 4. The number of aromatic nitrogens is 4. The Labute approximate surface area is 370 Å². The number of Topliss-reactive ketones (excluding diaryl/α,β-unsaturated/α-hetero) is 1. The molecular weight excluding hydrogens is 823 g/mol. The summed E-state index contributed by atoms with van der Waals surface area (Å²) >= 11 is 0. The number of esters is 1. The normalized spacial score (nSPS) is 27.0. The maximum atomic E-state index is 14.9. The Morgan fingerprint density at radius 2 is 1.78 bits per heavy atom. The van der Waals surface area contributed by atoms with Gasteiger partial charge < -0.3 is 19.3 Å². The van der Waals surface area contributed by atoms with Crippen LogP contribution in [0, 0.1) is 17.3 Å². The van der Waals surface area contributed by atoms with E-state index in [0.29, 0.717) is 49.3 Å². The van der Waals surface area contributed by atoms with Crippen molar-refractivity contribution in [2.24, 2.45) is 17.3 Å². The zero-order valence-corrected chi connectivity index (χ0v) is 38.4. The van der Waals surface area contributed by atoms with Gasteiger partial charge in [0.2, 0.25) is 21.8 Å². The Bertz CT molecular complexity index is 2400. The lowest BCUT2D eigenvalue weighted by atomic mass is 9.90. The van der Waals surface area contributed by atoms with Crippen LogP contribution < -0.4 is 14.4 Å². The minimum absolute atomic E-state index is 0.0484. The number of nitrogens with zero attached hydrogens (tertiary/aromatic N) is 6. The van der Waals surface area contributed by atoms with Crippen molar-refractivity contribution in [1.82, 2.24) is 29.1 Å². The fraction of sp³-hybridized carbons (Fsp3) is 0.638. The van der Waals surface area contributed by atoms with Gasteiger partial charge in [-0.2, -0.15) is 4.98 Å². The Kier molecular flexibility index (Phi) is 12.3. The van der Waals surface area contributed by atoms with Crippen molar-refractivity contribution < 1.29 is 37.1 Å². The molecular formula is C47H63N7O8S. The molecule has 15 nitrogen and oxygen atoms in total. The minimum Gasteiger partial charge on any atom is -0.460 e. The number of nitrogens with one attached hydrogen (secondary N) is 1. The molecule has 2 aliphatic carbocycles. The third kappa shape index (κ3) is 9.37. The number of anilines is 1. The van der Waals surface area contributed by atoms with Crippen molar-refractivity contribution in [3.8, 4) is 17.3 Å².